The first-order chi connectivity index (χ1) is 20.7. The quantitative estimate of drug-likeness (QED) is 0.126. The van der Waals surface area contributed by atoms with Gasteiger partial charge in [-0.1, -0.05) is 60.7 Å². The number of alkyl halides is 3. The molecule has 10 heteroatoms. The Labute approximate surface area is 245 Å². The van der Waals surface area contributed by atoms with Gasteiger partial charge in [0.2, 0.25) is 12.3 Å². The molecular formula is C33H28F3N3O4. The van der Waals surface area contributed by atoms with Gasteiger partial charge in [0.05, 0.1) is 23.8 Å². The smallest absolute Gasteiger partial charge is 0.396 e. The van der Waals surface area contributed by atoms with E-state index in [1.165, 1.54) is 17.0 Å². The molecule has 1 atom stereocenters. The fourth-order valence-corrected chi connectivity index (χ4v) is 4.72. The average Bonchev–Trinajstić information content (AvgIpc) is 3.44. The summed E-state index contributed by atoms with van der Waals surface area (Å²) in [6.45, 7) is 0.211. The zero-order chi connectivity index (χ0) is 30.4. The van der Waals surface area contributed by atoms with Gasteiger partial charge in [-0.05, 0) is 53.9 Å². The summed E-state index contributed by atoms with van der Waals surface area (Å²) in [6, 6.07) is 27.8. The third-order valence-corrected chi connectivity index (χ3v) is 6.97. The number of fused-ring (bicyclic) bond motifs is 1. The van der Waals surface area contributed by atoms with Crippen LogP contribution in [0.4, 0.5) is 30.4 Å². The van der Waals surface area contributed by atoms with Crippen LogP contribution in [0, 0.1) is 0 Å². The van der Waals surface area contributed by atoms with Crippen molar-refractivity contribution in [2.24, 2.45) is 0 Å². The number of carbonyl (C=O) groups excluding carboxylic acids is 2. The summed E-state index contributed by atoms with van der Waals surface area (Å²) in [5, 5.41) is 3.34. The molecule has 0 aliphatic carbocycles. The van der Waals surface area contributed by atoms with Crippen molar-refractivity contribution < 1.29 is 31.9 Å². The number of furan rings is 1. The Morgan fingerprint density at radius 1 is 0.953 bits per heavy atom. The van der Waals surface area contributed by atoms with Crippen molar-refractivity contribution in [3.63, 3.8) is 0 Å². The number of para-hydroxylation sites is 3. The van der Waals surface area contributed by atoms with Gasteiger partial charge in [-0.3, -0.25) is 14.5 Å². The molecule has 0 radical (unpaired) electrons. The van der Waals surface area contributed by atoms with Crippen LogP contribution in [0.15, 0.2) is 108 Å². The molecule has 43 heavy (non-hydrogen) atoms. The molecule has 0 aliphatic heterocycles. The highest BCUT2D eigenvalue weighted by atomic mass is 19.4. The van der Waals surface area contributed by atoms with Crippen molar-refractivity contribution >= 4 is 40.5 Å². The van der Waals surface area contributed by atoms with E-state index in [1.54, 1.807) is 91.0 Å². The molecule has 0 aliphatic rings. The number of nitrogens with one attached hydrogen (secondary N) is 1. The Kier molecular flexibility index (Phi) is 8.66. The highest BCUT2D eigenvalue weighted by molar-refractivity contribution is 6.05. The molecule has 0 saturated carbocycles. The summed E-state index contributed by atoms with van der Waals surface area (Å²) >= 11 is 0. The van der Waals surface area contributed by atoms with Gasteiger partial charge in [-0.15, -0.1) is 0 Å². The van der Waals surface area contributed by atoms with E-state index in [1.807, 2.05) is 0 Å². The third-order valence-electron chi connectivity index (χ3n) is 6.97. The number of rotatable bonds is 11. The number of ether oxygens (including phenoxy) is 1. The second-order valence-electron chi connectivity index (χ2n) is 9.84. The molecule has 1 aromatic heterocycles. The zero-order valence-electron chi connectivity index (χ0n) is 22.9. The molecule has 3 N–H and O–H groups in total. The lowest BCUT2D eigenvalue weighted by Gasteiger charge is -2.21. The van der Waals surface area contributed by atoms with Crippen LogP contribution in [-0.4, -0.2) is 31.6 Å². The van der Waals surface area contributed by atoms with E-state index in [0.29, 0.717) is 45.6 Å². The van der Waals surface area contributed by atoms with E-state index in [9.17, 15) is 22.8 Å². The summed E-state index contributed by atoms with van der Waals surface area (Å²) in [5.74, 6) is -1.37. The molecule has 0 saturated heterocycles. The zero-order valence-corrected chi connectivity index (χ0v) is 22.9. The predicted octanol–water partition coefficient (Wildman–Crippen LogP) is 7.20. The number of amides is 2. The van der Waals surface area contributed by atoms with Gasteiger partial charge < -0.3 is 20.2 Å². The number of carbonyl (C=O) groups is 2. The number of nitrogens with two attached hydrogens (primary N) is 1. The normalized spacial score (nSPS) is 12.1. The fraction of sp³-hybridized carbons (Fsp3) is 0.152. The summed E-state index contributed by atoms with van der Waals surface area (Å²) in [6.07, 6.45) is -4.19. The van der Waals surface area contributed by atoms with Crippen molar-refractivity contribution in [2.75, 3.05) is 29.1 Å². The Bertz CT molecular complexity index is 1700. The van der Waals surface area contributed by atoms with Gasteiger partial charge in [0, 0.05) is 17.0 Å². The highest BCUT2D eigenvalue weighted by Gasteiger charge is 2.41. The minimum atomic E-state index is -4.46. The van der Waals surface area contributed by atoms with Gasteiger partial charge in [0.25, 0.3) is 5.91 Å². The topological polar surface area (TPSA) is 97.8 Å². The lowest BCUT2D eigenvalue weighted by atomic mass is 9.91. The van der Waals surface area contributed by atoms with E-state index in [-0.39, 0.29) is 36.9 Å². The van der Waals surface area contributed by atoms with Gasteiger partial charge in [0.15, 0.2) is 0 Å². The molecule has 5 rings (SSSR count). The monoisotopic (exact) mass is 587 g/mol. The van der Waals surface area contributed by atoms with Crippen LogP contribution in [0.1, 0.15) is 27.4 Å². The molecule has 220 valence electrons. The van der Waals surface area contributed by atoms with Crippen LogP contribution >= 0.6 is 0 Å². The molecule has 1 unspecified atom stereocenters. The first kappa shape index (κ1) is 29.2. The minimum absolute atomic E-state index is 0.0961. The predicted molar refractivity (Wildman–Crippen MR) is 159 cm³/mol. The van der Waals surface area contributed by atoms with E-state index < -0.39 is 12.1 Å². The fourth-order valence-electron chi connectivity index (χ4n) is 4.72. The molecule has 0 spiro atoms. The van der Waals surface area contributed by atoms with Gasteiger partial charge in [-0.2, -0.15) is 13.2 Å². The second-order valence-corrected chi connectivity index (χ2v) is 9.84. The number of nitrogen functional groups attached to an aromatic ring is 1. The van der Waals surface area contributed by atoms with E-state index in [2.05, 4.69) is 5.32 Å². The van der Waals surface area contributed by atoms with Crippen LogP contribution in [0.2, 0.25) is 0 Å². The molecular weight excluding hydrogens is 559 g/mol. The number of halogens is 3. The number of anilines is 3. The largest absolute Gasteiger partial charge is 0.492 e. The SMILES string of the molecule is Nc1ccccc1NC(=O)c1ccc(OCCN(C=O)c2cc3cccc(CC(c4ccccc4)C(F)(F)F)c3o2)cc1. The Hall–Kier alpha value is -5.25. The molecule has 0 fully saturated rings. The van der Waals surface area contributed by atoms with Crippen molar-refractivity contribution in [1.29, 1.82) is 0 Å². The standard InChI is InChI=1S/C33H28F3N3O4/c34-33(35,36)27(22-7-2-1-3-8-22)19-24-9-6-10-25-20-30(43-31(24)25)39(21-40)17-18-42-26-15-13-23(14-16-26)32(41)38-29-12-5-4-11-28(29)37/h1-16,20-21,27H,17-19,37H2,(H,38,41). The summed E-state index contributed by atoms with van der Waals surface area (Å²) in [4.78, 5) is 25.7. The van der Waals surface area contributed by atoms with Crippen LogP contribution in [-0.2, 0) is 11.2 Å². The molecule has 7 nitrogen and oxygen atoms in total. The lowest BCUT2D eigenvalue weighted by molar-refractivity contribution is -0.150. The lowest BCUT2D eigenvalue weighted by Crippen LogP contribution is -2.26. The summed E-state index contributed by atoms with van der Waals surface area (Å²) < 4.78 is 53.7. The summed E-state index contributed by atoms with van der Waals surface area (Å²) in [7, 11) is 0. The van der Waals surface area contributed by atoms with E-state index in [4.69, 9.17) is 14.9 Å². The number of nitrogens with zero attached hydrogens (tertiary/aromatic N) is 1. The third kappa shape index (κ3) is 6.98. The Morgan fingerprint density at radius 2 is 1.67 bits per heavy atom. The maximum absolute atomic E-state index is 14.0. The van der Waals surface area contributed by atoms with Gasteiger partial charge in [0.1, 0.15) is 17.9 Å². The van der Waals surface area contributed by atoms with Crippen LogP contribution in [0.25, 0.3) is 11.0 Å². The number of hydrogen-bond donors (Lipinski definition) is 2. The maximum atomic E-state index is 14.0. The van der Waals surface area contributed by atoms with E-state index in [0.717, 1.165) is 0 Å². The Morgan fingerprint density at radius 3 is 2.37 bits per heavy atom. The second kappa shape index (κ2) is 12.7. The van der Waals surface area contributed by atoms with Gasteiger partial charge >= 0.3 is 6.18 Å². The van der Waals surface area contributed by atoms with Crippen LogP contribution in [0.3, 0.4) is 0 Å². The van der Waals surface area contributed by atoms with Crippen LogP contribution < -0.4 is 20.7 Å². The van der Waals surface area contributed by atoms with Crippen molar-refractivity contribution in [2.45, 2.75) is 18.5 Å². The van der Waals surface area contributed by atoms with Crippen molar-refractivity contribution in [1.82, 2.24) is 0 Å². The van der Waals surface area contributed by atoms with E-state index >= 15 is 0 Å². The molecule has 5 aromatic rings. The Balaban J connectivity index is 1.23. The number of hydrogen-bond acceptors (Lipinski definition) is 5. The minimum Gasteiger partial charge on any atom is -0.492 e. The molecule has 0 bridgehead atoms. The maximum Gasteiger partial charge on any atom is 0.396 e. The molecule has 2 amide bonds. The summed E-state index contributed by atoms with van der Waals surface area (Å²) in [5.41, 5.74) is 8.09. The van der Waals surface area contributed by atoms with Gasteiger partial charge in [-0.25, -0.2) is 0 Å². The first-order valence-corrected chi connectivity index (χ1v) is 13.5. The van der Waals surface area contributed by atoms with Crippen LogP contribution in [0.5, 0.6) is 5.75 Å². The first-order valence-electron chi connectivity index (χ1n) is 13.5. The highest BCUT2D eigenvalue weighted by Crippen LogP contribution is 2.39. The molecule has 1 heterocycles. The average molecular weight is 588 g/mol. The molecule has 4 aromatic carbocycles. The number of benzene rings is 4. The van der Waals surface area contributed by atoms with Crippen molar-refractivity contribution in [3.05, 3.63) is 120 Å². The van der Waals surface area contributed by atoms with Crippen molar-refractivity contribution in [3.8, 4) is 5.75 Å².